The molecule has 0 saturated carbocycles. The van der Waals surface area contributed by atoms with Crippen LogP contribution in [0.3, 0.4) is 0 Å². The number of carbonyl (C=O) groups excluding carboxylic acids is 3. The molecule has 0 bridgehead atoms. The van der Waals surface area contributed by atoms with Gasteiger partial charge in [0, 0.05) is 19.0 Å². The van der Waals surface area contributed by atoms with Crippen molar-refractivity contribution in [3.63, 3.8) is 0 Å². The number of hydrogen-bond acceptors (Lipinski definition) is 5. The molecule has 1 atom stereocenters. The third-order valence-electron chi connectivity index (χ3n) is 3.25. The van der Waals surface area contributed by atoms with Gasteiger partial charge in [0.1, 0.15) is 0 Å². The highest BCUT2D eigenvalue weighted by Crippen LogP contribution is 2.19. The van der Waals surface area contributed by atoms with Gasteiger partial charge in [-0.1, -0.05) is 30.3 Å². The van der Waals surface area contributed by atoms with Gasteiger partial charge in [0.05, 0.1) is 0 Å². The standard InChI is InChI=1S/C17H18N2O4S/c1-18-17(22)19-16(21)15(13-5-3-2-4-6-13)23-14(20)8-7-12-9-10-24-11-12/h2-6,9-11,15H,7-8H2,1H3,(H2,18,19,21,22)/t15-/m0/s1. The second-order valence-corrected chi connectivity index (χ2v) is 5.76. The van der Waals surface area contributed by atoms with Gasteiger partial charge in [-0.05, 0) is 28.8 Å². The average molecular weight is 346 g/mol. The van der Waals surface area contributed by atoms with Gasteiger partial charge in [0.2, 0.25) is 6.10 Å². The molecule has 0 aliphatic heterocycles. The van der Waals surface area contributed by atoms with E-state index in [4.69, 9.17) is 4.74 Å². The lowest BCUT2D eigenvalue weighted by molar-refractivity contribution is -0.156. The fourth-order valence-corrected chi connectivity index (χ4v) is 2.72. The van der Waals surface area contributed by atoms with E-state index in [1.807, 2.05) is 16.8 Å². The number of ether oxygens (including phenoxy) is 1. The Hall–Kier alpha value is -2.67. The Morgan fingerprint density at radius 2 is 1.92 bits per heavy atom. The number of aryl methyl sites for hydroxylation is 1. The molecule has 1 aromatic heterocycles. The van der Waals surface area contributed by atoms with Crippen LogP contribution < -0.4 is 10.6 Å². The van der Waals surface area contributed by atoms with Crippen molar-refractivity contribution >= 4 is 29.2 Å². The van der Waals surface area contributed by atoms with Crippen molar-refractivity contribution in [1.29, 1.82) is 0 Å². The average Bonchev–Trinajstić information content (AvgIpc) is 3.12. The van der Waals surface area contributed by atoms with Gasteiger partial charge in [-0.15, -0.1) is 0 Å². The molecule has 7 heteroatoms. The molecular formula is C17H18N2O4S. The molecule has 0 radical (unpaired) electrons. The molecule has 6 nitrogen and oxygen atoms in total. The Bertz CT molecular complexity index is 686. The maximum absolute atomic E-state index is 12.2. The highest BCUT2D eigenvalue weighted by molar-refractivity contribution is 7.07. The maximum Gasteiger partial charge on any atom is 0.321 e. The van der Waals surface area contributed by atoms with Crippen LogP contribution in [0.2, 0.25) is 0 Å². The minimum absolute atomic E-state index is 0.160. The van der Waals surface area contributed by atoms with Gasteiger partial charge in [0.25, 0.3) is 5.91 Å². The monoisotopic (exact) mass is 346 g/mol. The summed E-state index contributed by atoms with van der Waals surface area (Å²) < 4.78 is 5.31. The van der Waals surface area contributed by atoms with Crippen molar-refractivity contribution in [1.82, 2.24) is 10.6 Å². The summed E-state index contributed by atoms with van der Waals surface area (Å²) in [5.41, 5.74) is 1.55. The van der Waals surface area contributed by atoms with Crippen LogP contribution in [0.15, 0.2) is 47.2 Å². The lowest BCUT2D eigenvalue weighted by Crippen LogP contribution is -2.41. The van der Waals surface area contributed by atoms with E-state index in [1.165, 1.54) is 7.05 Å². The van der Waals surface area contributed by atoms with Gasteiger partial charge in [-0.3, -0.25) is 14.9 Å². The lowest BCUT2D eigenvalue weighted by atomic mass is 10.1. The summed E-state index contributed by atoms with van der Waals surface area (Å²) in [6.45, 7) is 0. The molecule has 126 valence electrons. The summed E-state index contributed by atoms with van der Waals surface area (Å²) in [5, 5.41) is 8.32. The minimum atomic E-state index is -1.17. The number of carbonyl (C=O) groups is 3. The van der Waals surface area contributed by atoms with Crippen LogP contribution in [0.25, 0.3) is 0 Å². The van der Waals surface area contributed by atoms with E-state index >= 15 is 0 Å². The van der Waals surface area contributed by atoms with E-state index < -0.39 is 24.0 Å². The van der Waals surface area contributed by atoms with Crippen molar-refractivity contribution in [2.75, 3.05) is 7.05 Å². The van der Waals surface area contributed by atoms with Crippen molar-refractivity contribution in [3.8, 4) is 0 Å². The molecule has 1 heterocycles. The molecule has 2 rings (SSSR count). The van der Waals surface area contributed by atoms with Crippen LogP contribution in [0.4, 0.5) is 4.79 Å². The smallest absolute Gasteiger partial charge is 0.321 e. The van der Waals surface area contributed by atoms with E-state index in [0.717, 1.165) is 5.56 Å². The van der Waals surface area contributed by atoms with Gasteiger partial charge in [-0.2, -0.15) is 11.3 Å². The first-order chi connectivity index (χ1) is 11.6. The highest BCUT2D eigenvalue weighted by Gasteiger charge is 2.26. The number of imide groups is 1. The molecule has 24 heavy (non-hydrogen) atoms. The van der Waals surface area contributed by atoms with E-state index in [-0.39, 0.29) is 6.42 Å². The summed E-state index contributed by atoms with van der Waals surface area (Å²) in [5.74, 6) is -1.19. The van der Waals surface area contributed by atoms with Gasteiger partial charge >= 0.3 is 12.0 Å². The zero-order valence-corrected chi connectivity index (χ0v) is 14.0. The second kappa shape index (κ2) is 8.83. The number of benzene rings is 1. The number of thiophene rings is 1. The summed E-state index contributed by atoms with van der Waals surface area (Å²) in [7, 11) is 1.40. The largest absolute Gasteiger partial charge is 0.447 e. The van der Waals surface area contributed by atoms with Gasteiger partial charge in [-0.25, -0.2) is 4.79 Å². The Kier molecular flexibility index (Phi) is 6.51. The summed E-state index contributed by atoms with van der Waals surface area (Å²) >= 11 is 1.56. The first-order valence-corrected chi connectivity index (χ1v) is 8.32. The fraction of sp³-hybridized carbons (Fsp3) is 0.235. The molecule has 0 aliphatic rings. The minimum Gasteiger partial charge on any atom is -0.447 e. The SMILES string of the molecule is CNC(=O)NC(=O)[C@@H](OC(=O)CCc1ccsc1)c1ccccc1. The van der Waals surface area contributed by atoms with Crippen LogP contribution >= 0.6 is 11.3 Å². The van der Waals surface area contributed by atoms with Crippen LogP contribution in [0.1, 0.15) is 23.7 Å². The van der Waals surface area contributed by atoms with Crippen LogP contribution in [-0.2, 0) is 20.7 Å². The highest BCUT2D eigenvalue weighted by atomic mass is 32.1. The fourth-order valence-electron chi connectivity index (χ4n) is 2.01. The van der Waals surface area contributed by atoms with Crippen molar-refractivity contribution in [2.45, 2.75) is 18.9 Å². The Balaban J connectivity index is 2.03. The summed E-state index contributed by atoms with van der Waals surface area (Å²) in [4.78, 5) is 35.7. The first kappa shape index (κ1) is 17.7. The maximum atomic E-state index is 12.2. The predicted octanol–water partition coefficient (Wildman–Crippen LogP) is 2.42. The lowest BCUT2D eigenvalue weighted by Gasteiger charge is -2.17. The predicted molar refractivity (Wildman–Crippen MR) is 90.5 cm³/mol. The quantitative estimate of drug-likeness (QED) is 0.787. The molecule has 1 aromatic carbocycles. The van der Waals surface area contributed by atoms with Crippen molar-refractivity contribution in [3.05, 3.63) is 58.3 Å². The molecule has 2 N–H and O–H groups in total. The van der Waals surface area contributed by atoms with E-state index in [1.54, 1.807) is 41.7 Å². The number of esters is 1. The molecule has 0 saturated heterocycles. The Labute approximate surface area is 143 Å². The Morgan fingerprint density at radius 3 is 2.54 bits per heavy atom. The van der Waals surface area contributed by atoms with Gasteiger partial charge < -0.3 is 10.1 Å². The molecule has 3 amide bonds. The third-order valence-corrected chi connectivity index (χ3v) is 3.98. The number of hydrogen-bond donors (Lipinski definition) is 2. The molecule has 2 aromatic rings. The second-order valence-electron chi connectivity index (χ2n) is 4.98. The third kappa shape index (κ3) is 5.20. The number of urea groups is 1. The Morgan fingerprint density at radius 1 is 1.17 bits per heavy atom. The zero-order chi connectivity index (χ0) is 17.4. The topological polar surface area (TPSA) is 84.5 Å². The molecule has 0 aliphatic carbocycles. The van der Waals surface area contributed by atoms with Crippen LogP contribution in [-0.4, -0.2) is 25.0 Å². The number of nitrogens with one attached hydrogen (secondary N) is 2. The van der Waals surface area contributed by atoms with Crippen LogP contribution in [0, 0.1) is 0 Å². The number of amides is 3. The zero-order valence-electron chi connectivity index (χ0n) is 13.2. The van der Waals surface area contributed by atoms with Gasteiger partial charge in [0.15, 0.2) is 0 Å². The van der Waals surface area contributed by atoms with E-state index in [0.29, 0.717) is 12.0 Å². The molecule has 0 unspecified atom stereocenters. The van der Waals surface area contributed by atoms with Crippen molar-refractivity contribution < 1.29 is 19.1 Å². The van der Waals surface area contributed by atoms with Crippen molar-refractivity contribution in [2.24, 2.45) is 0 Å². The van der Waals surface area contributed by atoms with E-state index in [9.17, 15) is 14.4 Å². The first-order valence-electron chi connectivity index (χ1n) is 7.38. The number of rotatable bonds is 6. The van der Waals surface area contributed by atoms with E-state index in [2.05, 4.69) is 10.6 Å². The summed E-state index contributed by atoms with van der Waals surface area (Å²) in [6.07, 6.45) is -0.465. The summed E-state index contributed by atoms with van der Waals surface area (Å²) in [6, 6.07) is 9.86. The molecular weight excluding hydrogens is 328 g/mol. The molecule has 0 fully saturated rings. The normalized spacial score (nSPS) is 11.4. The molecule has 0 spiro atoms. The van der Waals surface area contributed by atoms with Crippen LogP contribution in [0.5, 0.6) is 0 Å².